The molecular formula is C14H23N3OS. The number of hydrogen-bond acceptors (Lipinski definition) is 5. The fourth-order valence-electron chi connectivity index (χ4n) is 2.18. The van der Waals surface area contributed by atoms with Crippen LogP contribution in [0.2, 0.25) is 0 Å². The van der Waals surface area contributed by atoms with Crippen LogP contribution in [0.4, 0.5) is 0 Å². The summed E-state index contributed by atoms with van der Waals surface area (Å²) in [5, 5.41) is 14.1. The third kappa shape index (κ3) is 4.75. The molecule has 1 aromatic rings. The molecule has 1 unspecified atom stereocenters. The van der Waals surface area contributed by atoms with E-state index in [0.29, 0.717) is 6.04 Å². The molecule has 0 aliphatic heterocycles. The molecule has 1 saturated carbocycles. The first kappa shape index (κ1) is 14.8. The highest BCUT2D eigenvalue weighted by atomic mass is 32.2. The van der Waals surface area contributed by atoms with Crippen molar-refractivity contribution < 1.29 is 5.11 Å². The Hall–Kier alpha value is -0.650. The van der Waals surface area contributed by atoms with Crippen molar-refractivity contribution in [1.29, 1.82) is 0 Å². The summed E-state index contributed by atoms with van der Waals surface area (Å²) >= 11 is 1.68. The molecule has 1 atom stereocenters. The highest BCUT2D eigenvalue weighted by molar-refractivity contribution is 7.99. The summed E-state index contributed by atoms with van der Waals surface area (Å²) in [6.45, 7) is 2.38. The number of thioether (sulfide) groups is 1. The average Bonchev–Trinajstić information content (AvgIpc) is 3.27. The molecule has 0 spiro atoms. The lowest BCUT2D eigenvalue weighted by Gasteiger charge is -2.32. The Balaban J connectivity index is 1.72. The predicted molar refractivity (Wildman–Crippen MR) is 78.3 cm³/mol. The van der Waals surface area contributed by atoms with Crippen molar-refractivity contribution in [2.75, 3.05) is 12.4 Å². The molecule has 1 aromatic heterocycles. The van der Waals surface area contributed by atoms with E-state index >= 15 is 0 Å². The number of aliphatic hydroxyl groups excluding tert-OH is 1. The van der Waals surface area contributed by atoms with Crippen LogP contribution in [0.25, 0.3) is 0 Å². The zero-order chi connectivity index (χ0) is 13.6. The minimum absolute atomic E-state index is 0.0841. The maximum atomic E-state index is 9.68. The van der Waals surface area contributed by atoms with Gasteiger partial charge in [0.25, 0.3) is 0 Å². The van der Waals surface area contributed by atoms with Crippen LogP contribution in [0, 0.1) is 0 Å². The lowest BCUT2D eigenvalue weighted by Crippen LogP contribution is -2.49. The molecule has 0 radical (unpaired) electrons. The summed E-state index contributed by atoms with van der Waals surface area (Å²) in [6, 6.07) is 2.47. The Kier molecular flexibility index (Phi) is 5.60. The zero-order valence-corrected chi connectivity index (χ0v) is 12.3. The Bertz CT molecular complexity index is 366. The molecular weight excluding hydrogens is 258 g/mol. The van der Waals surface area contributed by atoms with E-state index in [0.717, 1.165) is 30.2 Å². The number of aromatic nitrogens is 2. The molecule has 2 N–H and O–H groups in total. The smallest absolute Gasteiger partial charge is 0.187 e. The number of hydrogen-bond donors (Lipinski definition) is 2. The topological polar surface area (TPSA) is 58.0 Å². The summed E-state index contributed by atoms with van der Waals surface area (Å²) in [7, 11) is 0. The molecule has 0 aromatic carbocycles. The fourth-order valence-corrected chi connectivity index (χ4v) is 2.92. The van der Waals surface area contributed by atoms with Gasteiger partial charge in [0, 0.05) is 29.7 Å². The molecule has 1 aliphatic carbocycles. The molecule has 2 rings (SSSR count). The van der Waals surface area contributed by atoms with Crippen LogP contribution in [0.1, 0.15) is 39.0 Å². The van der Waals surface area contributed by atoms with Gasteiger partial charge in [-0.05, 0) is 38.2 Å². The third-order valence-corrected chi connectivity index (χ3v) is 4.60. The zero-order valence-electron chi connectivity index (χ0n) is 11.5. The van der Waals surface area contributed by atoms with Gasteiger partial charge >= 0.3 is 0 Å². The summed E-state index contributed by atoms with van der Waals surface area (Å²) < 4.78 is 0. The van der Waals surface area contributed by atoms with Crippen LogP contribution < -0.4 is 5.32 Å². The Labute approximate surface area is 119 Å². The van der Waals surface area contributed by atoms with Gasteiger partial charge in [-0.2, -0.15) is 0 Å². The average molecular weight is 281 g/mol. The Morgan fingerprint density at radius 3 is 2.74 bits per heavy atom. The molecule has 0 saturated heterocycles. The van der Waals surface area contributed by atoms with E-state index in [1.54, 1.807) is 24.2 Å². The second-order valence-electron chi connectivity index (χ2n) is 5.19. The van der Waals surface area contributed by atoms with Crippen LogP contribution in [0.3, 0.4) is 0 Å². The molecule has 106 valence electrons. The summed E-state index contributed by atoms with van der Waals surface area (Å²) in [5.41, 5.74) is -0.0841. The minimum atomic E-state index is -0.0841. The fraction of sp³-hybridized carbons (Fsp3) is 0.714. The largest absolute Gasteiger partial charge is 0.394 e. The summed E-state index contributed by atoms with van der Waals surface area (Å²) in [6.07, 6.45) is 9.12. The first-order valence-corrected chi connectivity index (χ1v) is 8.05. The van der Waals surface area contributed by atoms with E-state index < -0.39 is 0 Å². The van der Waals surface area contributed by atoms with Crippen molar-refractivity contribution in [1.82, 2.24) is 15.3 Å². The van der Waals surface area contributed by atoms with Gasteiger partial charge in [0.2, 0.25) is 0 Å². The molecule has 19 heavy (non-hydrogen) atoms. The first-order chi connectivity index (χ1) is 9.28. The maximum absolute atomic E-state index is 9.68. The van der Waals surface area contributed by atoms with E-state index in [4.69, 9.17) is 0 Å². The van der Waals surface area contributed by atoms with E-state index in [2.05, 4.69) is 22.2 Å². The highest BCUT2D eigenvalue weighted by Crippen LogP contribution is 2.27. The SMILES string of the molecule is CCC(CO)(CCCSc1ncccn1)NC1CC1. The van der Waals surface area contributed by atoms with E-state index in [1.165, 1.54) is 12.8 Å². The lowest BCUT2D eigenvalue weighted by atomic mass is 9.91. The van der Waals surface area contributed by atoms with Gasteiger partial charge in [0.15, 0.2) is 5.16 Å². The second-order valence-corrected chi connectivity index (χ2v) is 6.26. The number of aliphatic hydroxyl groups is 1. The first-order valence-electron chi connectivity index (χ1n) is 7.06. The standard InChI is InChI=1S/C14H23N3OS/c1-2-14(11-18,17-12-5-6-12)7-3-10-19-13-15-8-4-9-16-13/h4,8-9,12,17-18H,2-3,5-7,10-11H2,1H3. The van der Waals surface area contributed by atoms with Crippen LogP contribution >= 0.6 is 11.8 Å². The summed E-state index contributed by atoms with van der Waals surface area (Å²) in [4.78, 5) is 8.40. The van der Waals surface area contributed by atoms with Gasteiger partial charge in [-0.1, -0.05) is 18.7 Å². The molecule has 1 aliphatic rings. The Morgan fingerprint density at radius 1 is 1.42 bits per heavy atom. The van der Waals surface area contributed by atoms with Gasteiger partial charge < -0.3 is 10.4 Å². The third-order valence-electron chi connectivity index (χ3n) is 3.64. The minimum Gasteiger partial charge on any atom is -0.394 e. The van der Waals surface area contributed by atoms with E-state index in [-0.39, 0.29) is 12.1 Å². The van der Waals surface area contributed by atoms with Gasteiger partial charge in [-0.25, -0.2) is 9.97 Å². The molecule has 4 nitrogen and oxygen atoms in total. The van der Waals surface area contributed by atoms with Gasteiger partial charge in [-0.3, -0.25) is 0 Å². The molecule has 1 fully saturated rings. The highest BCUT2D eigenvalue weighted by Gasteiger charge is 2.33. The van der Waals surface area contributed by atoms with E-state index in [1.807, 2.05) is 6.07 Å². The molecule has 5 heteroatoms. The number of rotatable bonds is 9. The van der Waals surface area contributed by atoms with Crippen LogP contribution in [-0.2, 0) is 0 Å². The predicted octanol–water partition coefficient (Wildman–Crippen LogP) is 2.24. The maximum Gasteiger partial charge on any atom is 0.187 e. The lowest BCUT2D eigenvalue weighted by molar-refractivity contribution is 0.144. The van der Waals surface area contributed by atoms with Crippen LogP contribution in [-0.4, -0.2) is 39.0 Å². The van der Waals surface area contributed by atoms with Crippen LogP contribution in [0.15, 0.2) is 23.6 Å². The number of nitrogens with zero attached hydrogens (tertiary/aromatic N) is 2. The van der Waals surface area contributed by atoms with Crippen molar-refractivity contribution in [3.05, 3.63) is 18.5 Å². The van der Waals surface area contributed by atoms with Crippen molar-refractivity contribution in [2.45, 2.75) is 55.8 Å². The second kappa shape index (κ2) is 7.22. The van der Waals surface area contributed by atoms with Crippen LogP contribution in [0.5, 0.6) is 0 Å². The normalized spacial score (nSPS) is 18.2. The van der Waals surface area contributed by atoms with Crippen molar-refractivity contribution >= 4 is 11.8 Å². The molecule has 0 bridgehead atoms. The molecule has 0 amide bonds. The van der Waals surface area contributed by atoms with Gasteiger partial charge in [0.05, 0.1) is 6.61 Å². The van der Waals surface area contributed by atoms with Crippen molar-refractivity contribution in [3.63, 3.8) is 0 Å². The van der Waals surface area contributed by atoms with Gasteiger partial charge in [0.1, 0.15) is 0 Å². The van der Waals surface area contributed by atoms with Gasteiger partial charge in [-0.15, -0.1) is 0 Å². The van der Waals surface area contributed by atoms with Crippen molar-refractivity contribution in [2.24, 2.45) is 0 Å². The molecule has 1 heterocycles. The Morgan fingerprint density at radius 2 is 2.16 bits per heavy atom. The number of nitrogens with one attached hydrogen (secondary N) is 1. The van der Waals surface area contributed by atoms with E-state index in [9.17, 15) is 5.11 Å². The van der Waals surface area contributed by atoms with Crippen molar-refractivity contribution in [3.8, 4) is 0 Å². The summed E-state index contributed by atoms with van der Waals surface area (Å²) in [5.74, 6) is 0.998. The monoisotopic (exact) mass is 281 g/mol. The quantitative estimate of drug-likeness (QED) is 0.413.